The van der Waals surface area contributed by atoms with Crippen molar-refractivity contribution >= 4 is 6.01 Å². The van der Waals surface area contributed by atoms with E-state index in [9.17, 15) is 0 Å². The lowest BCUT2D eigenvalue weighted by molar-refractivity contribution is 0.168. The number of ether oxygens (including phenoxy) is 2. The van der Waals surface area contributed by atoms with Crippen molar-refractivity contribution in [2.24, 2.45) is 0 Å². The first kappa shape index (κ1) is 16.9. The molecule has 20 heavy (non-hydrogen) atoms. The number of anilines is 1. The summed E-state index contributed by atoms with van der Waals surface area (Å²) in [5.41, 5.74) is 0. The summed E-state index contributed by atoms with van der Waals surface area (Å²) in [6.45, 7) is 8.80. The van der Waals surface area contributed by atoms with Crippen molar-refractivity contribution in [3.63, 3.8) is 0 Å². The molecule has 0 bridgehead atoms. The average Bonchev–Trinajstić information content (AvgIpc) is 2.89. The molecule has 7 nitrogen and oxygen atoms in total. The average molecular weight is 286 g/mol. The molecule has 7 heteroatoms. The summed E-state index contributed by atoms with van der Waals surface area (Å²) in [6, 6.07) is 0.687. The summed E-state index contributed by atoms with van der Waals surface area (Å²) in [5, 5.41) is 11.5. The first-order chi connectivity index (χ1) is 9.63. The van der Waals surface area contributed by atoms with Gasteiger partial charge in [-0.05, 0) is 20.4 Å². The Morgan fingerprint density at radius 1 is 1.25 bits per heavy atom. The number of hydrogen-bond donors (Lipinski definition) is 1. The van der Waals surface area contributed by atoms with Crippen molar-refractivity contribution in [3.8, 4) is 0 Å². The van der Waals surface area contributed by atoms with E-state index in [1.807, 2.05) is 18.7 Å². The third-order valence-corrected chi connectivity index (χ3v) is 3.03. The van der Waals surface area contributed by atoms with E-state index in [0.717, 1.165) is 6.54 Å². The maximum atomic E-state index is 5.75. The Kier molecular flexibility index (Phi) is 7.50. The lowest BCUT2D eigenvalue weighted by Crippen LogP contribution is -2.38. The van der Waals surface area contributed by atoms with Crippen LogP contribution in [-0.4, -0.2) is 56.8 Å². The monoisotopic (exact) mass is 286 g/mol. The maximum absolute atomic E-state index is 5.75. The van der Waals surface area contributed by atoms with Crippen LogP contribution in [0.5, 0.6) is 0 Å². The smallest absolute Gasteiger partial charge is 0.318 e. The van der Waals surface area contributed by atoms with Crippen LogP contribution < -0.4 is 10.2 Å². The molecule has 0 saturated carbocycles. The van der Waals surface area contributed by atoms with Crippen LogP contribution in [0.3, 0.4) is 0 Å². The molecule has 1 rings (SSSR count). The van der Waals surface area contributed by atoms with Crippen LogP contribution in [0.1, 0.15) is 32.7 Å². The van der Waals surface area contributed by atoms with E-state index in [2.05, 4.69) is 22.4 Å². The van der Waals surface area contributed by atoms with Gasteiger partial charge in [0.05, 0.1) is 25.3 Å². The lowest BCUT2D eigenvalue weighted by atomic mass is 10.3. The maximum Gasteiger partial charge on any atom is 0.318 e. The first-order valence-electron chi connectivity index (χ1n) is 6.95. The number of hydrogen-bond acceptors (Lipinski definition) is 7. The molecule has 0 aliphatic heterocycles. The third-order valence-electron chi connectivity index (χ3n) is 3.03. The second-order valence-electron chi connectivity index (χ2n) is 4.69. The van der Waals surface area contributed by atoms with E-state index in [4.69, 9.17) is 13.9 Å². The molecule has 0 saturated heterocycles. The molecule has 0 spiro atoms. The fourth-order valence-corrected chi connectivity index (χ4v) is 1.94. The molecule has 0 radical (unpaired) electrons. The Bertz CT molecular complexity index is 372. The Balaban J connectivity index is 2.79. The SMILES string of the molecule is CCNC(C)c1nnc(N(CCOC)C(C)COC)o1. The summed E-state index contributed by atoms with van der Waals surface area (Å²) in [7, 11) is 3.35. The normalized spacial score (nSPS) is 14.2. The molecule has 0 fully saturated rings. The first-order valence-corrected chi connectivity index (χ1v) is 6.95. The van der Waals surface area contributed by atoms with Gasteiger partial charge in [-0.25, -0.2) is 0 Å². The highest BCUT2D eigenvalue weighted by Gasteiger charge is 2.21. The van der Waals surface area contributed by atoms with Crippen molar-refractivity contribution in [2.45, 2.75) is 32.9 Å². The Morgan fingerprint density at radius 3 is 2.60 bits per heavy atom. The van der Waals surface area contributed by atoms with E-state index in [0.29, 0.717) is 31.7 Å². The molecule has 2 unspecified atom stereocenters. The minimum Gasteiger partial charge on any atom is -0.406 e. The molecule has 1 aromatic heterocycles. The molecule has 2 atom stereocenters. The topological polar surface area (TPSA) is 72.7 Å². The predicted molar refractivity (Wildman–Crippen MR) is 76.9 cm³/mol. The van der Waals surface area contributed by atoms with Crippen LogP contribution in [0.2, 0.25) is 0 Å². The highest BCUT2D eigenvalue weighted by Crippen LogP contribution is 2.19. The molecule has 1 N–H and O–H groups in total. The standard InChI is InChI=1S/C13H26N4O3/c1-6-14-11(3)12-15-16-13(20-12)17(7-8-18-4)10(2)9-19-5/h10-11,14H,6-9H2,1-5H3. The molecular weight excluding hydrogens is 260 g/mol. The number of nitrogens with zero attached hydrogens (tertiary/aromatic N) is 3. The number of aromatic nitrogens is 2. The number of rotatable bonds is 10. The van der Waals surface area contributed by atoms with Crippen LogP contribution in [0.25, 0.3) is 0 Å². The van der Waals surface area contributed by atoms with Crippen molar-refractivity contribution in [2.75, 3.05) is 45.4 Å². The molecule has 0 aliphatic rings. The minimum absolute atomic E-state index is 0.0447. The van der Waals surface area contributed by atoms with E-state index < -0.39 is 0 Å². The van der Waals surface area contributed by atoms with Crippen LogP contribution >= 0.6 is 0 Å². The lowest BCUT2D eigenvalue weighted by Gasteiger charge is -2.26. The Labute approximate surface area is 120 Å². The van der Waals surface area contributed by atoms with Gasteiger partial charge < -0.3 is 24.1 Å². The fraction of sp³-hybridized carbons (Fsp3) is 0.846. The molecule has 1 heterocycles. The van der Waals surface area contributed by atoms with Gasteiger partial charge in [-0.2, -0.15) is 0 Å². The van der Waals surface area contributed by atoms with Crippen molar-refractivity contribution in [1.29, 1.82) is 0 Å². The summed E-state index contributed by atoms with van der Waals surface area (Å²) in [6.07, 6.45) is 0. The summed E-state index contributed by atoms with van der Waals surface area (Å²) < 4.78 is 16.1. The van der Waals surface area contributed by atoms with Gasteiger partial charge in [0, 0.05) is 20.8 Å². The summed E-state index contributed by atoms with van der Waals surface area (Å²) >= 11 is 0. The zero-order valence-electron chi connectivity index (χ0n) is 13.0. The van der Waals surface area contributed by atoms with E-state index in [1.54, 1.807) is 14.2 Å². The van der Waals surface area contributed by atoms with Gasteiger partial charge in [0.25, 0.3) is 0 Å². The van der Waals surface area contributed by atoms with E-state index >= 15 is 0 Å². The van der Waals surface area contributed by atoms with E-state index in [-0.39, 0.29) is 12.1 Å². The van der Waals surface area contributed by atoms with Gasteiger partial charge in [0.1, 0.15) is 0 Å². The predicted octanol–water partition coefficient (Wildman–Crippen LogP) is 1.23. The molecule has 0 aliphatic carbocycles. The second-order valence-corrected chi connectivity index (χ2v) is 4.69. The zero-order chi connectivity index (χ0) is 15.0. The van der Waals surface area contributed by atoms with Crippen molar-refractivity contribution in [3.05, 3.63) is 5.89 Å². The summed E-state index contributed by atoms with van der Waals surface area (Å²) in [5.74, 6) is 0.592. The molecular formula is C13H26N4O3. The van der Waals surface area contributed by atoms with Crippen molar-refractivity contribution < 1.29 is 13.9 Å². The van der Waals surface area contributed by atoms with Gasteiger partial charge in [0.15, 0.2) is 0 Å². The van der Waals surface area contributed by atoms with Crippen LogP contribution in [0.4, 0.5) is 6.01 Å². The van der Waals surface area contributed by atoms with Gasteiger partial charge >= 0.3 is 6.01 Å². The van der Waals surface area contributed by atoms with Crippen molar-refractivity contribution in [1.82, 2.24) is 15.5 Å². The van der Waals surface area contributed by atoms with Crippen LogP contribution in [-0.2, 0) is 9.47 Å². The number of nitrogens with one attached hydrogen (secondary N) is 1. The Hall–Kier alpha value is -1.18. The quantitative estimate of drug-likeness (QED) is 0.693. The zero-order valence-corrected chi connectivity index (χ0v) is 13.0. The molecule has 0 amide bonds. The fourth-order valence-electron chi connectivity index (χ4n) is 1.94. The highest BCUT2D eigenvalue weighted by atomic mass is 16.5. The third kappa shape index (κ3) is 4.73. The molecule has 116 valence electrons. The number of methoxy groups -OCH3 is 2. The van der Waals surface area contributed by atoms with Crippen LogP contribution in [0, 0.1) is 0 Å². The Morgan fingerprint density at radius 2 is 2.00 bits per heavy atom. The van der Waals surface area contributed by atoms with E-state index in [1.165, 1.54) is 0 Å². The minimum atomic E-state index is 0.0447. The van der Waals surface area contributed by atoms with Gasteiger partial charge in [-0.15, -0.1) is 5.10 Å². The van der Waals surface area contributed by atoms with Gasteiger partial charge in [-0.3, -0.25) is 0 Å². The van der Waals surface area contributed by atoms with Gasteiger partial charge in [0.2, 0.25) is 5.89 Å². The second kappa shape index (κ2) is 8.89. The van der Waals surface area contributed by atoms with Crippen LogP contribution in [0.15, 0.2) is 4.42 Å². The highest BCUT2D eigenvalue weighted by molar-refractivity contribution is 5.26. The molecule has 1 aromatic rings. The largest absolute Gasteiger partial charge is 0.406 e. The summed E-state index contributed by atoms with van der Waals surface area (Å²) in [4.78, 5) is 2.00. The molecule has 0 aromatic carbocycles. The van der Waals surface area contributed by atoms with Gasteiger partial charge in [-0.1, -0.05) is 12.0 Å².